The maximum atomic E-state index is 11.8. The first-order valence-electron chi connectivity index (χ1n) is 5.25. The molecule has 0 spiro atoms. The van der Waals surface area contributed by atoms with E-state index >= 15 is 0 Å². The number of hydrogen-bond acceptors (Lipinski definition) is 3. The van der Waals surface area contributed by atoms with Crippen LogP contribution in [0.1, 0.15) is 41.0 Å². The molecule has 0 aliphatic rings. The molecule has 0 fully saturated rings. The highest BCUT2D eigenvalue weighted by Gasteiger charge is 2.29. The Balaban J connectivity index is 4.65. The summed E-state index contributed by atoms with van der Waals surface area (Å²) in [7, 11) is -3.25. The molecule has 0 bridgehead atoms. The van der Waals surface area contributed by atoms with Gasteiger partial charge in [0, 0.05) is 12.1 Å². The van der Waals surface area contributed by atoms with E-state index in [1.807, 2.05) is 34.6 Å². The van der Waals surface area contributed by atoms with Gasteiger partial charge in [-0.15, -0.1) is 0 Å². The lowest BCUT2D eigenvalue weighted by Gasteiger charge is -2.29. The summed E-state index contributed by atoms with van der Waals surface area (Å²) < 4.78 is 26.3. The van der Waals surface area contributed by atoms with Crippen molar-refractivity contribution < 1.29 is 8.42 Å². The summed E-state index contributed by atoms with van der Waals surface area (Å²) in [6.45, 7) is 9.76. The molecule has 0 aliphatic heterocycles. The van der Waals surface area contributed by atoms with Crippen molar-refractivity contribution in [3.05, 3.63) is 0 Å². The lowest BCUT2D eigenvalue weighted by Crippen LogP contribution is -2.52. The van der Waals surface area contributed by atoms with E-state index in [1.54, 1.807) is 0 Å². The van der Waals surface area contributed by atoms with Crippen LogP contribution in [-0.4, -0.2) is 26.3 Å². The molecular formula is C10H24N2O2S. The van der Waals surface area contributed by atoms with E-state index in [9.17, 15) is 8.42 Å². The zero-order valence-corrected chi connectivity index (χ0v) is 11.2. The van der Waals surface area contributed by atoms with Crippen LogP contribution in [-0.2, 0) is 10.0 Å². The van der Waals surface area contributed by atoms with Crippen LogP contribution in [0, 0.1) is 5.41 Å². The zero-order valence-electron chi connectivity index (χ0n) is 10.4. The topological polar surface area (TPSA) is 72.2 Å². The normalized spacial score (nSPS) is 17.5. The van der Waals surface area contributed by atoms with Gasteiger partial charge in [0.25, 0.3) is 0 Å². The van der Waals surface area contributed by atoms with Gasteiger partial charge in [0.05, 0.1) is 5.75 Å². The van der Waals surface area contributed by atoms with E-state index in [0.717, 1.165) is 0 Å². The lowest BCUT2D eigenvalue weighted by atomic mass is 10.0. The lowest BCUT2D eigenvalue weighted by molar-refractivity contribution is 0.399. The Hall–Kier alpha value is -0.130. The highest BCUT2D eigenvalue weighted by molar-refractivity contribution is 7.89. The molecule has 0 aliphatic carbocycles. The van der Waals surface area contributed by atoms with Crippen LogP contribution < -0.4 is 10.5 Å². The largest absolute Gasteiger partial charge is 0.329 e. The average molecular weight is 236 g/mol. The highest BCUT2D eigenvalue weighted by atomic mass is 32.2. The molecule has 0 aromatic rings. The predicted molar refractivity (Wildman–Crippen MR) is 64.1 cm³/mol. The molecule has 0 saturated heterocycles. The molecule has 5 heteroatoms. The van der Waals surface area contributed by atoms with Crippen LogP contribution in [0.25, 0.3) is 0 Å². The second-order valence-corrected chi connectivity index (χ2v) is 7.26. The van der Waals surface area contributed by atoms with Gasteiger partial charge in [0.15, 0.2) is 0 Å². The first kappa shape index (κ1) is 14.9. The Labute approximate surface area is 93.7 Å². The summed E-state index contributed by atoms with van der Waals surface area (Å²) in [5, 5.41) is 0. The molecular weight excluding hydrogens is 212 g/mol. The Morgan fingerprint density at radius 3 is 1.93 bits per heavy atom. The second kappa shape index (κ2) is 4.80. The predicted octanol–water partition coefficient (Wildman–Crippen LogP) is 1.08. The molecule has 15 heavy (non-hydrogen) atoms. The van der Waals surface area contributed by atoms with Gasteiger partial charge in [0.1, 0.15) is 0 Å². The summed E-state index contributed by atoms with van der Waals surface area (Å²) in [4.78, 5) is 0. The van der Waals surface area contributed by atoms with Crippen LogP contribution in [0.15, 0.2) is 0 Å². The van der Waals surface area contributed by atoms with E-state index in [0.29, 0.717) is 13.0 Å². The van der Waals surface area contributed by atoms with Gasteiger partial charge in [0.2, 0.25) is 10.0 Å². The second-order valence-electron chi connectivity index (χ2n) is 5.54. The standard InChI is InChI=1S/C10H24N2O2S/c1-6-10(5,7-11)12-15(13,14)8-9(2,3)4/h12H,6-8,11H2,1-5H3. The SMILES string of the molecule is CCC(C)(CN)NS(=O)(=O)CC(C)(C)C. The van der Waals surface area contributed by atoms with Gasteiger partial charge in [-0.2, -0.15) is 0 Å². The van der Waals surface area contributed by atoms with Crippen molar-refractivity contribution >= 4 is 10.0 Å². The molecule has 0 aromatic heterocycles. The van der Waals surface area contributed by atoms with Gasteiger partial charge in [-0.05, 0) is 18.8 Å². The zero-order chi connectivity index (χ0) is 12.3. The van der Waals surface area contributed by atoms with Crippen molar-refractivity contribution in [2.24, 2.45) is 11.1 Å². The third-order valence-corrected chi connectivity index (χ3v) is 4.31. The Kier molecular flexibility index (Phi) is 4.76. The van der Waals surface area contributed by atoms with E-state index in [2.05, 4.69) is 4.72 Å². The molecule has 0 heterocycles. The molecule has 0 saturated carbocycles. The molecule has 1 unspecified atom stereocenters. The molecule has 1 atom stereocenters. The number of sulfonamides is 1. The van der Waals surface area contributed by atoms with Crippen molar-refractivity contribution in [1.82, 2.24) is 4.72 Å². The van der Waals surface area contributed by atoms with Crippen molar-refractivity contribution in [2.45, 2.75) is 46.6 Å². The third-order valence-electron chi connectivity index (χ3n) is 2.26. The summed E-state index contributed by atoms with van der Waals surface area (Å²) in [6, 6.07) is 0. The van der Waals surface area contributed by atoms with Gasteiger partial charge >= 0.3 is 0 Å². The van der Waals surface area contributed by atoms with Gasteiger partial charge in [-0.1, -0.05) is 27.7 Å². The minimum absolute atomic E-state index is 0.121. The Morgan fingerprint density at radius 1 is 1.20 bits per heavy atom. The minimum atomic E-state index is -3.25. The monoisotopic (exact) mass is 236 g/mol. The first-order chi connectivity index (χ1) is 6.54. The molecule has 0 aromatic carbocycles. The quantitative estimate of drug-likeness (QED) is 0.750. The van der Waals surface area contributed by atoms with Gasteiger partial charge < -0.3 is 5.73 Å². The molecule has 0 radical (unpaired) electrons. The fourth-order valence-electron chi connectivity index (χ4n) is 1.24. The van der Waals surface area contributed by atoms with E-state index in [-0.39, 0.29) is 11.2 Å². The minimum Gasteiger partial charge on any atom is -0.329 e. The maximum absolute atomic E-state index is 11.8. The van der Waals surface area contributed by atoms with Crippen LogP contribution in [0.5, 0.6) is 0 Å². The van der Waals surface area contributed by atoms with Crippen LogP contribution in [0.2, 0.25) is 0 Å². The molecule has 3 N–H and O–H groups in total. The average Bonchev–Trinajstić information content (AvgIpc) is 1.98. The van der Waals surface area contributed by atoms with Crippen LogP contribution in [0.3, 0.4) is 0 Å². The first-order valence-corrected chi connectivity index (χ1v) is 6.90. The van der Waals surface area contributed by atoms with Crippen molar-refractivity contribution in [2.75, 3.05) is 12.3 Å². The summed E-state index contributed by atoms with van der Waals surface area (Å²) in [5.74, 6) is 0.121. The number of nitrogens with one attached hydrogen (secondary N) is 1. The summed E-state index contributed by atoms with van der Waals surface area (Å²) >= 11 is 0. The van der Waals surface area contributed by atoms with Crippen molar-refractivity contribution in [1.29, 1.82) is 0 Å². The van der Waals surface area contributed by atoms with Crippen molar-refractivity contribution in [3.63, 3.8) is 0 Å². The molecule has 92 valence electrons. The third kappa shape index (κ3) is 6.12. The van der Waals surface area contributed by atoms with Crippen LogP contribution in [0.4, 0.5) is 0 Å². The number of rotatable bonds is 5. The summed E-state index contributed by atoms with van der Waals surface area (Å²) in [5.41, 5.74) is 4.80. The summed E-state index contributed by atoms with van der Waals surface area (Å²) in [6.07, 6.45) is 0.687. The maximum Gasteiger partial charge on any atom is 0.212 e. The van der Waals surface area contributed by atoms with Gasteiger partial charge in [-0.3, -0.25) is 0 Å². The Bertz CT molecular complexity index is 287. The van der Waals surface area contributed by atoms with E-state index < -0.39 is 15.6 Å². The molecule has 0 amide bonds. The van der Waals surface area contributed by atoms with Crippen LogP contribution >= 0.6 is 0 Å². The fraction of sp³-hybridized carbons (Fsp3) is 1.00. The molecule has 4 nitrogen and oxygen atoms in total. The van der Waals surface area contributed by atoms with Crippen molar-refractivity contribution in [3.8, 4) is 0 Å². The van der Waals surface area contributed by atoms with E-state index in [1.165, 1.54) is 0 Å². The van der Waals surface area contributed by atoms with E-state index in [4.69, 9.17) is 5.73 Å². The smallest absolute Gasteiger partial charge is 0.212 e. The highest BCUT2D eigenvalue weighted by Crippen LogP contribution is 2.17. The molecule has 0 rings (SSSR count). The fourth-order valence-corrected chi connectivity index (χ4v) is 3.43. The van der Waals surface area contributed by atoms with Gasteiger partial charge in [-0.25, -0.2) is 13.1 Å². The number of nitrogens with two attached hydrogens (primary N) is 1. The number of hydrogen-bond donors (Lipinski definition) is 2. The Morgan fingerprint density at radius 2 is 1.67 bits per heavy atom.